The van der Waals surface area contributed by atoms with Crippen molar-refractivity contribution in [3.63, 3.8) is 0 Å². The van der Waals surface area contributed by atoms with Crippen LogP contribution < -0.4 is 10.1 Å². The van der Waals surface area contributed by atoms with Gasteiger partial charge in [0.15, 0.2) is 0 Å². The zero-order valence-electron chi connectivity index (χ0n) is 12.0. The average Bonchev–Trinajstić information content (AvgIpc) is 2.33. The fourth-order valence-corrected chi connectivity index (χ4v) is 1.43. The molecule has 0 atom stereocenters. The van der Waals surface area contributed by atoms with Crippen molar-refractivity contribution in [3.05, 3.63) is 29.8 Å². The minimum atomic E-state index is 0.145. The van der Waals surface area contributed by atoms with Gasteiger partial charge in [-0.25, -0.2) is 0 Å². The van der Waals surface area contributed by atoms with Crippen LogP contribution in [-0.4, -0.2) is 25.4 Å². The number of nitrogens with one attached hydrogen (secondary N) is 1. The molecule has 102 valence electrons. The molecule has 0 fully saturated rings. The smallest absolute Gasteiger partial charge is 0.119 e. The predicted molar refractivity (Wildman–Crippen MR) is 75.0 cm³/mol. The van der Waals surface area contributed by atoms with Crippen LogP contribution >= 0.6 is 0 Å². The normalized spacial score (nSPS) is 11.6. The summed E-state index contributed by atoms with van der Waals surface area (Å²) in [5.41, 5.74) is 1.41. The number of hydrogen-bond acceptors (Lipinski definition) is 3. The van der Waals surface area contributed by atoms with Crippen LogP contribution in [0.2, 0.25) is 0 Å². The highest BCUT2D eigenvalue weighted by Crippen LogP contribution is 2.12. The van der Waals surface area contributed by atoms with E-state index in [1.54, 1.807) is 0 Å². The van der Waals surface area contributed by atoms with Crippen molar-refractivity contribution in [3.8, 4) is 5.75 Å². The lowest BCUT2D eigenvalue weighted by Crippen LogP contribution is -2.35. The Labute approximate surface area is 110 Å². The number of benzene rings is 1. The summed E-state index contributed by atoms with van der Waals surface area (Å²) in [6, 6.07) is 8.20. The van der Waals surface area contributed by atoms with E-state index in [2.05, 4.69) is 38.2 Å². The maximum Gasteiger partial charge on any atom is 0.119 e. The minimum absolute atomic E-state index is 0.145. The molecule has 0 heterocycles. The third-order valence-electron chi connectivity index (χ3n) is 2.45. The van der Waals surface area contributed by atoms with Gasteiger partial charge < -0.3 is 14.8 Å². The topological polar surface area (TPSA) is 30.5 Å². The Balaban J connectivity index is 2.33. The lowest BCUT2D eigenvalue weighted by molar-refractivity contribution is 0.110. The molecule has 0 unspecified atom stereocenters. The van der Waals surface area contributed by atoms with E-state index in [0.717, 1.165) is 18.9 Å². The van der Waals surface area contributed by atoms with Gasteiger partial charge in [0.1, 0.15) is 12.4 Å². The van der Waals surface area contributed by atoms with Crippen molar-refractivity contribution >= 4 is 0 Å². The first-order chi connectivity index (χ1) is 8.51. The lowest BCUT2D eigenvalue weighted by Gasteiger charge is -2.20. The van der Waals surface area contributed by atoms with E-state index in [4.69, 9.17) is 9.47 Å². The molecule has 0 aliphatic rings. The van der Waals surface area contributed by atoms with Crippen molar-refractivity contribution in [2.75, 3.05) is 19.8 Å². The van der Waals surface area contributed by atoms with Gasteiger partial charge in [0, 0.05) is 18.7 Å². The summed E-state index contributed by atoms with van der Waals surface area (Å²) >= 11 is 0. The molecule has 1 aromatic carbocycles. The maximum atomic E-state index is 5.56. The van der Waals surface area contributed by atoms with Crippen molar-refractivity contribution < 1.29 is 9.47 Å². The van der Waals surface area contributed by atoms with E-state index in [-0.39, 0.29) is 5.54 Å². The Kier molecular flexibility index (Phi) is 6.16. The van der Waals surface area contributed by atoms with Crippen LogP contribution in [0.15, 0.2) is 24.3 Å². The van der Waals surface area contributed by atoms with Gasteiger partial charge >= 0.3 is 0 Å². The van der Waals surface area contributed by atoms with Crippen LogP contribution in [0.3, 0.4) is 0 Å². The summed E-state index contributed by atoms with van der Waals surface area (Å²) < 4.78 is 10.8. The van der Waals surface area contributed by atoms with Gasteiger partial charge in [-0.05, 0) is 45.4 Å². The molecule has 0 aromatic heterocycles. The highest BCUT2D eigenvalue weighted by Gasteiger charge is 2.08. The number of hydrogen-bond donors (Lipinski definition) is 1. The van der Waals surface area contributed by atoms with Crippen LogP contribution in [0.25, 0.3) is 0 Å². The van der Waals surface area contributed by atoms with E-state index in [9.17, 15) is 0 Å². The fourth-order valence-electron chi connectivity index (χ4n) is 1.43. The Morgan fingerprint density at radius 2 is 1.72 bits per heavy atom. The van der Waals surface area contributed by atoms with Crippen LogP contribution in [0.4, 0.5) is 0 Å². The Morgan fingerprint density at radius 3 is 2.28 bits per heavy atom. The van der Waals surface area contributed by atoms with Crippen LogP contribution in [0.5, 0.6) is 5.75 Å². The summed E-state index contributed by atoms with van der Waals surface area (Å²) in [5.74, 6) is 0.897. The summed E-state index contributed by atoms with van der Waals surface area (Å²) in [4.78, 5) is 0. The number of ether oxygens (including phenoxy) is 2. The summed E-state index contributed by atoms with van der Waals surface area (Å²) in [7, 11) is 0. The van der Waals surface area contributed by atoms with Crippen molar-refractivity contribution in [2.45, 2.75) is 39.8 Å². The molecule has 0 bridgehead atoms. The third-order valence-corrected chi connectivity index (χ3v) is 2.45. The van der Waals surface area contributed by atoms with Gasteiger partial charge in [-0.3, -0.25) is 0 Å². The lowest BCUT2D eigenvalue weighted by atomic mass is 10.1. The molecular weight excluding hydrogens is 226 g/mol. The molecule has 0 saturated carbocycles. The standard InChI is InChI=1S/C15H25NO2/c1-5-17-10-11-18-14-8-6-13(7-9-14)12-16-15(2,3)4/h6-9,16H,5,10-12H2,1-4H3. The Morgan fingerprint density at radius 1 is 1.06 bits per heavy atom. The molecule has 3 heteroatoms. The second-order valence-corrected chi connectivity index (χ2v) is 5.29. The van der Waals surface area contributed by atoms with Gasteiger partial charge in [-0.1, -0.05) is 12.1 Å². The molecule has 1 rings (SSSR count). The van der Waals surface area contributed by atoms with E-state index in [1.165, 1.54) is 5.56 Å². The molecule has 0 aliphatic heterocycles. The molecule has 1 N–H and O–H groups in total. The van der Waals surface area contributed by atoms with Crippen LogP contribution in [0, 0.1) is 0 Å². The molecule has 18 heavy (non-hydrogen) atoms. The average molecular weight is 251 g/mol. The monoisotopic (exact) mass is 251 g/mol. The molecule has 0 radical (unpaired) electrons. The zero-order valence-corrected chi connectivity index (χ0v) is 12.0. The van der Waals surface area contributed by atoms with Crippen molar-refractivity contribution in [2.24, 2.45) is 0 Å². The Bertz CT molecular complexity index is 327. The van der Waals surface area contributed by atoms with E-state index < -0.39 is 0 Å². The highest BCUT2D eigenvalue weighted by atomic mass is 16.5. The first kappa shape index (κ1) is 15.0. The largest absolute Gasteiger partial charge is 0.491 e. The fraction of sp³-hybridized carbons (Fsp3) is 0.600. The van der Waals surface area contributed by atoms with E-state index in [0.29, 0.717) is 13.2 Å². The van der Waals surface area contributed by atoms with Gasteiger partial charge in [-0.15, -0.1) is 0 Å². The quantitative estimate of drug-likeness (QED) is 0.756. The minimum Gasteiger partial charge on any atom is -0.491 e. The molecule has 0 saturated heterocycles. The summed E-state index contributed by atoms with van der Waals surface area (Å²) in [5, 5.41) is 3.46. The predicted octanol–water partition coefficient (Wildman–Crippen LogP) is 2.99. The first-order valence-corrected chi connectivity index (χ1v) is 6.56. The summed E-state index contributed by atoms with van der Waals surface area (Å²) in [6.45, 7) is 11.3. The Hall–Kier alpha value is -1.06. The SMILES string of the molecule is CCOCCOc1ccc(CNC(C)(C)C)cc1. The van der Waals surface area contributed by atoms with Gasteiger partial charge in [-0.2, -0.15) is 0 Å². The molecular formula is C15H25NO2. The number of rotatable bonds is 7. The third kappa shape index (κ3) is 6.62. The van der Waals surface area contributed by atoms with E-state index in [1.807, 2.05) is 19.1 Å². The van der Waals surface area contributed by atoms with Crippen molar-refractivity contribution in [1.82, 2.24) is 5.32 Å². The molecule has 1 aromatic rings. The molecule has 0 aliphatic carbocycles. The molecule has 0 spiro atoms. The maximum absolute atomic E-state index is 5.56. The van der Waals surface area contributed by atoms with Gasteiger partial charge in [0.2, 0.25) is 0 Å². The molecule has 3 nitrogen and oxygen atoms in total. The first-order valence-electron chi connectivity index (χ1n) is 6.56. The second kappa shape index (κ2) is 7.39. The highest BCUT2D eigenvalue weighted by molar-refractivity contribution is 5.27. The van der Waals surface area contributed by atoms with Crippen LogP contribution in [0.1, 0.15) is 33.3 Å². The van der Waals surface area contributed by atoms with E-state index >= 15 is 0 Å². The molecule has 0 amide bonds. The summed E-state index contributed by atoms with van der Waals surface area (Å²) in [6.07, 6.45) is 0. The van der Waals surface area contributed by atoms with Crippen LogP contribution in [-0.2, 0) is 11.3 Å². The van der Waals surface area contributed by atoms with Gasteiger partial charge in [0.25, 0.3) is 0 Å². The second-order valence-electron chi connectivity index (χ2n) is 5.29. The van der Waals surface area contributed by atoms with Crippen molar-refractivity contribution in [1.29, 1.82) is 0 Å². The zero-order chi connectivity index (χ0) is 13.4. The van der Waals surface area contributed by atoms with Gasteiger partial charge in [0.05, 0.1) is 6.61 Å².